The predicted octanol–water partition coefficient (Wildman–Crippen LogP) is 3.52. The van der Waals surface area contributed by atoms with Gasteiger partial charge in [0.25, 0.3) is 0 Å². The van der Waals surface area contributed by atoms with Crippen molar-refractivity contribution in [1.29, 1.82) is 0 Å². The Bertz CT molecular complexity index is 790. The predicted molar refractivity (Wildman–Crippen MR) is 92.0 cm³/mol. The number of rotatable bonds is 4. The molecule has 25 heavy (non-hydrogen) atoms. The zero-order chi connectivity index (χ0) is 18.0. The number of esters is 1. The van der Waals surface area contributed by atoms with Crippen molar-refractivity contribution in [2.24, 2.45) is 0 Å². The van der Waals surface area contributed by atoms with E-state index in [2.05, 4.69) is 11.9 Å². The first-order chi connectivity index (χ1) is 12.0. The molecule has 1 atom stereocenters. The lowest BCUT2D eigenvalue weighted by atomic mass is 9.75. The van der Waals surface area contributed by atoms with Gasteiger partial charge in [-0.15, -0.1) is 0 Å². The van der Waals surface area contributed by atoms with E-state index < -0.39 is 11.9 Å². The summed E-state index contributed by atoms with van der Waals surface area (Å²) in [7, 11) is 0. The Hall–Kier alpha value is -2.69. The van der Waals surface area contributed by atoms with Crippen molar-refractivity contribution in [3.63, 3.8) is 0 Å². The smallest absolute Gasteiger partial charge is 0.337 e. The molecule has 1 N–H and O–H groups in total. The van der Waals surface area contributed by atoms with E-state index in [1.807, 2.05) is 0 Å². The van der Waals surface area contributed by atoms with Gasteiger partial charge in [-0.25, -0.2) is 9.18 Å². The first kappa shape index (κ1) is 17.1. The van der Waals surface area contributed by atoms with Crippen molar-refractivity contribution in [3.05, 3.63) is 70.8 Å². The molecule has 0 saturated carbocycles. The van der Waals surface area contributed by atoms with Crippen LogP contribution in [-0.4, -0.2) is 18.4 Å². The molecule has 1 unspecified atom stereocenters. The molecule has 0 fully saturated rings. The fraction of sp³-hybridized carbons (Fsp3) is 0.300. The minimum absolute atomic E-state index is 0.0181. The average molecular weight is 341 g/mol. The summed E-state index contributed by atoms with van der Waals surface area (Å²) < 4.78 is 18.6. The summed E-state index contributed by atoms with van der Waals surface area (Å²) in [6.07, 6.45) is 3.48. The van der Waals surface area contributed by atoms with Gasteiger partial charge in [-0.1, -0.05) is 24.8 Å². The van der Waals surface area contributed by atoms with Crippen molar-refractivity contribution in [1.82, 2.24) is 5.32 Å². The number of ether oxygens (including phenoxy) is 1. The standard InChI is InChI=1S/C20H20FNO3/c1-3-11-25-20(24)17-12(2)22-15-5-4-6-16(23)19(15)18(17)13-7-9-14(21)10-8-13/h3,7-10,18,22H,1,4-6,11H2,2H3. The third-order valence-electron chi connectivity index (χ3n) is 4.53. The van der Waals surface area contributed by atoms with Crippen LogP contribution in [0.25, 0.3) is 0 Å². The maximum Gasteiger partial charge on any atom is 0.337 e. The Morgan fingerprint density at radius 3 is 2.76 bits per heavy atom. The van der Waals surface area contributed by atoms with Crippen LogP contribution in [0.4, 0.5) is 4.39 Å². The van der Waals surface area contributed by atoms with Crippen molar-refractivity contribution < 1.29 is 18.7 Å². The van der Waals surface area contributed by atoms with E-state index in [1.54, 1.807) is 19.1 Å². The van der Waals surface area contributed by atoms with Gasteiger partial charge < -0.3 is 10.1 Å². The second-order valence-electron chi connectivity index (χ2n) is 6.20. The highest BCUT2D eigenvalue weighted by Crippen LogP contribution is 2.42. The van der Waals surface area contributed by atoms with Crippen molar-refractivity contribution in [2.45, 2.75) is 32.1 Å². The number of dihydropyridines is 1. The molecular formula is C20H20FNO3. The topological polar surface area (TPSA) is 55.4 Å². The summed E-state index contributed by atoms with van der Waals surface area (Å²) in [6.45, 7) is 5.43. The molecule has 2 aliphatic rings. The highest BCUT2D eigenvalue weighted by atomic mass is 19.1. The van der Waals surface area contributed by atoms with Gasteiger partial charge in [0.1, 0.15) is 12.4 Å². The summed E-state index contributed by atoms with van der Waals surface area (Å²) >= 11 is 0. The number of Topliss-reactive ketones (excluding diaryl/α,β-unsaturated/α-hetero) is 1. The van der Waals surface area contributed by atoms with Gasteiger partial charge in [0.05, 0.1) is 5.57 Å². The second kappa shape index (κ2) is 7.05. The van der Waals surface area contributed by atoms with Crippen LogP contribution in [0.5, 0.6) is 0 Å². The molecule has 1 aromatic carbocycles. The van der Waals surface area contributed by atoms with Gasteiger partial charge in [-0.05, 0) is 37.5 Å². The van der Waals surface area contributed by atoms with E-state index >= 15 is 0 Å². The molecule has 5 heteroatoms. The highest BCUT2D eigenvalue weighted by Gasteiger charge is 2.38. The van der Waals surface area contributed by atoms with Gasteiger partial charge in [-0.2, -0.15) is 0 Å². The molecule has 130 valence electrons. The SMILES string of the molecule is C=CCOC(=O)C1=C(C)NC2=C(C(=O)CCC2)C1c1ccc(F)cc1. The van der Waals surface area contributed by atoms with E-state index in [0.29, 0.717) is 28.8 Å². The second-order valence-corrected chi connectivity index (χ2v) is 6.20. The number of allylic oxidation sites excluding steroid dienone is 3. The number of carbonyl (C=O) groups is 2. The minimum Gasteiger partial charge on any atom is -0.458 e. The van der Waals surface area contributed by atoms with Crippen LogP contribution in [0.1, 0.15) is 37.7 Å². The first-order valence-corrected chi connectivity index (χ1v) is 8.30. The molecule has 0 aromatic heterocycles. The molecule has 0 bridgehead atoms. The lowest BCUT2D eigenvalue weighted by molar-refractivity contribution is -0.138. The highest BCUT2D eigenvalue weighted by molar-refractivity contribution is 6.03. The Morgan fingerprint density at radius 1 is 1.36 bits per heavy atom. The molecule has 1 aliphatic carbocycles. The van der Waals surface area contributed by atoms with Crippen LogP contribution in [0, 0.1) is 5.82 Å². The summed E-state index contributed by atoms with van der Waals surface area (Å²) in [5, 5.41) is 3.20. The molecular weight excluding hydrogens is 321 g/mol. The molecule has 1 heterocycles. The average Bonchev–Trinajstić information content (AvgIpc) is 2.59. The Kier molecular flexibility index (Phi) is 4.83. The van der Waals surface area contributed by atoms with Crippen LogP contribution in [0.15, 0.2) is 59.5 Å². The van der Waals surface area contributed by atoms with Gasteiger partial charge in [0.2, 0.25) is 0 Å². The molecule has 4 nitrogen and oxygen atoms in total. The normalized spacial score (nSPS) is 20.1. The molecule has 1 aromatic rings. The largest absolute Gasteiger partial charge is 0.458 e. The van der Waals surface area contributed by atoms with E-state index in [4.69, 9.17) is 4.74 Å². The summed E-state index contributed by atoms with van der Waals surface area (Å²) in [5.41, 5.74) is 3.20. The molecule has 1 aliphatic heterocycles. The van der Waals surface area contributed by atoms with Crippen molar-refractivity contribution >= 4 is 11.8 Å². The minimum atomic E-state index is -0.540. The maximum absolute atomic E-state index is 13.4. The number of ketones is 1. The van der Waals surface area contributed by atoms with Gasteiger partial charge in [0.15, 0.2) is 5.78 Å². The number of nitrogens with one attached hydrogen (secondary N) is 1. The number of halogens is 1. The van der Waals surface area contributed by atoms with Crippen LogP contribution < -0.4 is 5.32 Å². The fourth-order valence-corrected chi connectivity index (χ4v) is 3.45. The molecule has 0 saturated heterocycles. The van der Waals surface area contributed by atoms with Crippen LogP contribution in [-0.2, 0) is 14.3 Å². The fourth-order valence-electron chi connectivity index (χ4n) is 3.45. The van der Waals surface area contributed by atoms with Crippen LogP contribution in [0.2, 0.25) is 0 Å². The number of carbonyl (C=O) groups excluding carboxylic acids is 2. The first-order valence-electron chi connectivity index (χ1n) is 8.30. The lowest BCUT2D eigenvalue weighted by Gasteiger charge is -2.34. The van der Waals surface area contributed by atoms with E-state index in [9.17, 15) is 14.0 Å². The summed E-state index contributed by atoms with van der Waals surface area (Å²) in [4.78, 5) is 25.2. The summed E-state index contributed by atoms with van der Waals surface area (Å²) in [5.74, 6) is -1.38. The summed E-state index contributed by atoms with van der Waals surface area (Å²) in [6, 6.07) is 5.91. The Balaban J connectivity index is 2.11. The molecule has 0 amide bonds. The van der Waals surface area contributed by atoms with E-state index in [0.717, 1.165) is 18.5 Å². The van der Waals surface area contributed by atoms with Crippen LogP contribution in [0.3, 0.4) is 0 Å². The zero-order valence-corrected chi connectivity index (χ0v) is 14.1. The molecule has 0 spiro atoms. The Morgan fingerprint density at radius 2 is 2.08 bits per heavy atom. The van der Waals surface area contributed by atoms with E-state index in [1.165, 1.54) is 18.2 Å². The molecule has 0 radical (unpaired) electrons. The Labute approximate surface area is 146 Å². The quantitative estimate of drug-likeness (QED) is 0.672. The van der Waals surface area contributed by atoms with Gasteiger partial charge in [0, 0.05) is 29.3 Å². The van der Waals surface area contributed by atoms with E-state index in [-0.39, 0.29) is 18.2 Å². The third kappa shape index (κ3) is 3.27. The van der Waals surface area contributed by atoms with Crippen molar-refractivity contribution in [3.8, 4) is 0 Å². The zero-order valence-electron chi connectivity index (χ0n) is 14.1. The monoisotopic (exact) mass is 341 g/mol. The number of benzene rings is 1. The number of hydrogen-bond acceptors (Lipinski definition) is 4. The van der Waals surface area contributed by atoms with Crippen molar-refractivity contribution in [2.75, 3.05) is 6.61 Å². The lowest BCUT2D eigenvalue weighted by Crippen LogP contribution is -2.34. The third-order valence-corrected chi connectivity index (χ3v) is 4.53. The number of hydrogen-bond donors (Lipinski definition) is 1. The molecule has 3 rings (SSSR count). The van der Waals surface area contributed by atoms with Crippen LogP contribution >= 0.6 is 0 Å². The van der Waals surface area contributed by atoms with Gasteiger partial charge >= 0.3 is 5.97 Å². The maximum atomic E-state index is 13.4. The van der Waals surface area contributed by atoms with Gasteiger partial charge in [-0.3, -0.25) is 4.79 Å².